The van der Waals surface area contributed by atoms with E-state index in [1.807, 2.05) is 29.2 Å². The summed E-state index contributed by atoms with van der Waals surface area (Å²) in [7, 11) is 0. The van der Waals surface area contributed by atoms with E-state index in [1.54, 1.807) is 12.3 Å². The molecule has 0 aromatic carbocycles. The van der Waals surface area contributed by atoms with Gasteiger partial charge in [-0.3, -0.25) is 9.20 Å². The number of carbonyl (C=O) groups is 2. The van der Waals surface area contributed by atoms with Gasteiger partial charge in [0.05, 0.1) is 5.56 Å². The lowest BCUT2D eigenvalue weighted by molar-refractivity contribution is 0.0948. The molecule has 0 spiro atoms. The summed E-state index contributed by atoms with van der Waals surface area (Å²) < 4.78 is 1.88. The summed E-state index contributed by atoms with van der Waals surface area (Å²) in [5.41, 5.74) is 1.28. The number of fused-ring (bicyclic) bond motifs is 1. The highest BCUT2D eigenvalue weighted by atomic mass is 16.2. The normalized spacial score (nSPS) is 16.6. The fraction of sp³-hybridized carbons (Fsp3) is 0.619. The van der Waals surface area contributed by atoms with Crippen molar-refractivity contribution in [1.29, 1.82) is 0 Å². The second kappa shape index (κ2) is 9.88. The number of aromatic nitrogens is 3. The summed E-state index contributed by atoms with van der Waals surface area (Å²) in [4.78, 5) is 29.0. The highest BCUT2D eigenvalue weighted by Gasteiger charge is 2.30. The molecule has 1 atom stereocenters. The first-order valence-electron chi connectivity index (χ1n) is 10.8. The zero-order valence-electron chi connectivity index (χ0n) is 18.4. The Morgan fingerprint density at radius 3 is 2.70 bits per heavy atom. The Balaban J connectivity index is 1.68. The van der Waals surface area contributed by atoms with Crippen molar-refractivity contribution in [1.82, 2.24) is 35.0 Å². The fourth-order valence-electron chi connectivity index (χ4n) is 3.78. The summed E-state index contributed by atoms with van der Waals surface area (Å²) in [5.74, 6) is 0.787. The first kappa shape index (κ1) is 22.0. The van der Waals surface area contributed by atoms with Crippen molar-refractivity contribution in [2.24, 2.45) is 0 Å². The molecule has 9 nitrogen and oxygen atoms in total. The molecule has 0 bridgehead atoms. The van der Waals surface area contributed by atoms with Crippen LogP contribution in [0.3, 0.4) is 0 Å². The molecule has 2 aromatic heterocycles. The second-order valence-corrected chi connectivity index (χ2v) is 8.02. The van der Waals surface area contributed by atoms with Gasteiger partial charge in [0.2, 0.25) is 0 Å². The van der Waals surface area contributed by atoms with Crippen molar-refractivity contribution in [2.75, 3.05) is 39.3 Å². The smallest absolute Gasteiger partial charge is 0.317 e. The summed E-state index contributed by atoms with van der Waals surface area (Å²) in [5, 5.41) is 14.5. The molecule has 2 N–H and O–H groups in total. The lowest BCUT2D eigenvalue weighted by Crippen LogP contribution is -2.41. The van der Waals surface area contributed by atoms with Crippen molar-refractivity contribution in [3.63, 3.8) is 0 Å². The first-order chi connectivity index (χ1) is 14.4. The molecular weight excluding hydrogens is 382 g/mol. The van der Waals surface area contributed by atoms with E-state index in [0.29, 0.717) is 30.8 Å². The molecular formula is C21H33N7O2. The molecule has 1 aliphatic rings. The molecule has 0 radical (unpaired) electrons. The van der Waals surface area contributed by atoms with Crippen LogP contribution in [0.25, 0.3) is 5.65 Å². The minimum atomic E-state index is -0.104. The van der Waals surface area contributed by atoms with E-state index in [0.717, 1.165) is 31.9 Å². The van der Waals surface area contributed by atoms with Crippen molar-refractivity contribution in [3.8, 4) is 0 Å². The Hall–Kier alpha value is -2.68. The number of pyridine rings is 1. The van der Waals surface area contributed by atoms with E-state index in [9.17, 15) is 9.59 Å². The number of likely N-dealkylation sites (N-methyl/N-ethyl adjacent to an activating group) is 1. The predicted octanol–water partition coefficient (Wildman–Crippen LogP) is 1.71. The number of hydrogen-bond acceptors (Lipinski definition) is 5. The molecule has 0 saturated carbocycles. The SMILES string of the molecule is CCN(CC)CCNC(=O)c1ccc2nnc(C3CCN(C(=O)NC(C)C)C3)n2c1. The van der Waals surface area contributed by atoms with Gasteiger partial charge in [0.15, 0.2) is 5.65 Å². The molecule has 3 rings (SSSR count). The molecule has 0 aliphatic carbocycles. The van der Waals surface area contributed by atoms with Gasteiger partial charge in [-0.25, -0.2) is 4.79 Å². The molecule has 1 fully saturated rings. The summed E-state index contributed by atoms with van der Waals surface area (Å²) in [6.07, 6.45) is 2.63. The Morgan fingerprint density at radius 2 is 2.00 bits per heavy atom. The standard InChI is InChI=1S/C21H33N7O2/c1-5-26(6-2)12-10-22-20(29)17-7-8-18-24-25-19(28(18)14-17)16-9-11-27(13-16)21(30)23-15(3)4/h7-8,14-16H,5-6,9-13H2,1-4H3,(H,22,29)(H,23,30). The molecule has 1 unspecified atom stereocenters. The Labute approximate surface area is 177 Å². The van der Waals surface area contributed by atoms with Crippen LogP contribution in [0.15, 0.2) is 18.3 Å². The van der Waals surface area contributed by atoms with Crippen LogP contribution in [0.1, 0.15) is 56.2 Å². The summed E-state index contributed by atoms with van der Waals surface area (Å²) in [6, 6.07) is 3.65. The van der Waals surface area contributed by atoms with Gasteiger partial charge in [-0.15, -0.1) is 10.2 Å². The average molecular weight is 416 g/mol. The maximum atomic E-state index is 12.6. The maximum Gasteiger partial charge on any atom is 0.317 e. The van der Waals surface area contributed by atoms with E-state index < -0.39 is 0 Å². The van der Waals surface area contributed by atoms with E-state index in [2.05, 4.69) is 39.6 Å². The van der Waals surface area contributed by atoms with Crippen molar-refractivity contribution in [2.45, 2.75) is 46.1 Å². The van der Waals surface area contributed by atoms with Crippen LogP contribution in [0, 0.1) is 0 Å². The van der Waals surface area contributed by atoms with Gasteiger partial charge >= 0.3 is 6.03 Å². The molecule has 3 heterocycles. The van der Waals surface area contributed by atoms with Gasteiger partial charge in [-0.2, -0.15) is 0 Å². The molecule has 1 aliphatic heterocycles. The number of urea groups is 1. The number of nitrogens with zero attached hydrogens (tertiary/aromatic N) is 5. The van der Waals surface area contributed by atoms with E-state index >= 15 is 0 Å². The van der Waals surface area contributed by atoms with Crippen LogP contribution in [0.2, 0.25) is 0 Å². The van der Waals surface area contributed by atoms with Gasteiger partial charge in [0.25, 0.3) is 5.91 Å². The number of nitrogens with one attached hydrogen (secondary N) is 2. The number of hydrogen-bond donors (Lipinski definition) is 2. The van der Waals surface area contributed by atoms with E-state index in [-0.39, 0.29) is 23.9 Å². The molecule has 164 valence electrons. The van der Waals surface area contributed by atoms with Crippen molar-refractivity contribution in [3.05, 3.63) is 29.7 Å². The first-order valence-corrected chi connectivity index (χ1v) is 10.8. The highest BCUT2D eigenvalue weighted by Crippen LogP contribution is 2.26. The number of rotatable bonds is 8. The maximum absolute atomic E-state index is 12.6. The number of carbonyl (C=O) groups excluding carboxylic acids is 2. The van der Waals surface area contributed by atoms with Crippen LogP contribution >= 0.6 is 0 Å². The monoisotopic (exact) mass is 415 g/mol. The largest absolute Gasteiger partial charge is 0.351 e. The third-order valence-corrected chi connectivity index (χ3v) is 5.55. The topological polar surface area (TPSA) is 94.9 Å². The molecule has 3 amide bonds. The third-order valence-electron chi connectivity index (χ3n) is 5.55. The zero-order chi connectivity index (χ0) is 21.7. The lowest BCUT2D eigenvalue weighted by Gasteiger charge is -2.19. The van der Waals surface area contributed by atoms with Crippen molar-refractivity contribution < 1.29 is 9.59 Å². The molecule has 9 heteroatoms. The van der Waals surface area contributed by atoms with Gasteiger partial charge in [-0.1, -0.05) is 13.8 Å². The van der Waals surface area contributed by atoms with E-state index in [4.69, 9.17) is 0 Å². The minimum Gasteiger partial charge on any atom is -0.351 e. The van der Waals surface area contributed by atoms with Crippen LogP contribution in [0.5, 0.6) is 0 Å². The third kappa shape index (κ3) is 5.08. The Morgan fingerprint density at radius 1 is 1.23 bits per heavy atom. The minimum absolute atomic E-state index is 0.0467. The quantitative estimate of drug-likeness (QED) is 0.684. The highest BCUT2D eigenvalue weighted by molar-refractivity contribution is 5.94. The van der Waals surface area contributed by atoms with Crippen LogP contribution in [-0.4, -0.2) is 81.6 Å². The predicted molar refractivity (Wildman–Crippen MR) is 116 cm³/mol. The van der Waals surface area contributed by atoms with Crippen LogP contribution in [0.4, 0.5) is 4.79 Å². The van der Waals surface area contributed by atoms with Crippen LogP contribution in [-0.2, 0) is 0 Å². The zero-order valence-corrected chi connectivity index (χ0v) is 18.4. The number of likely N-dealkylation sites (tertiary alicyclic amines) is 1. The summed E-state index contributed by atoms with van der Waals surface area (Å²) >= 11 is 0. The second-order valence-electron chi connectivity index (χ2n) is 8.02. The van der Waals surface area contributed by atoms with Crippen LogP contribution < -0.4 is 10.6 Å². The van der Waals surface area contributed by atoms with Gasteiger partial charge in [-0.05, 0) is 45.5 Å². The number of amides is 3. The van der Waals surface area contributed by atoms with Gasteiger partial charge in [0, 0.05) is 44.3 Å². The van der Waals surface area contributed by atoms with Gasteiger partial charge in [0.1, 0.15) is 5.82 Å². The fourth-order valence-corrected chi connectivity index (χ4v) is 3.78. The van der Waals surface area contributed by atoms with Gasteiger partial charge < -0.3 is 20.4 Å². The Kier molecular flexibility index (Phi) is 7.25. The molecule has 30 heavy (non-hydrogen) atoms. The van der Waals surface area contributed by atoms with Crippen molar-refractivity contribution >= 4 is 17.6 Å². The summed E-state index contributed by atoms with van der Waals surface area (Å²) in [6.45, 7) is 12.8. The van der Waals surface area contributed by atoms with E-state index in [1.165, 1.54) is 0 Å². The molecule has 2 aromatic rings. The molecule has 1 saturated heterocycles. The Bertz CT molecular complexity index is 875. The lowest BCUT2D eigenvalue weighted by atomic mass is 10.1. The average Bonchev–Trinajstić information content (AvgIpc) is 3.37.